The lowest BCUT2D eigenvalue weighted by Gasteiger charge is -2.43. The lowest BCUT2D eigenvalue weighted by Crippen LogP contribution is -2.35. The van der Waals surface area contributed by atoms with Gasteiger partial charge in [-0.1, -0.05) is 45.9 Å². The largest absolute Gasteiger partial charge is 0.288 e. The van der Waals surface area contributed by atoms with Gasteiger partial charge in [-0.25, -0.2) is 5.53 Å². The molecule has 2 heterocycles. The number of hydrazine groups is 2. The first-order valence-electron chi connectivity index (χ1n) is 11.2. The van der Waals surface area contributed by atoms with Gasteiger partial charge in [0.15, 0.2) is 0 Å². The number of aromatic nitrogens is 1. The normalized spacial score (nSPS) is 22.5. The summed E-state index contributed by atoms with van der Waals surface area (Å²) in [5.74, 6) is 0.876. The van der Waals surface area contributed by atoms with E-state index >= 15 is 0 Å². The average Bonchev–Trinajstić information content (AvgIpc) is 3.35. The van der Waals surface area contributed by atoms with E-state index in [9.17, 15) is 0 Å². The van der Waals surface area contributed by atoms with Crippen LogP contribution in [0.5, 0.6) is 0 Å². The van der Waals surface area contributed by atoms with Crippen molar-refractivity contribution in [2.24, 2.45) is 5.10 Å². The fraction of sp³-hybridized carbons (Fsp3) is 0.520. The van der Waals surface area contributed by atoms with E-state index in [-0.39, 0.29) is 16.2 Å². The first-order chi connectivity index (χ1) is 14.2. The quantitative estimate of drug-likeness (QED) is 0.713. The Kier molecular flexibility index (Phi) is 4.27. The van der Waals surface area contributed by atoms with E-state index < -0.39 is 0 Å². The van der Waals surface area contributed by atoms with Gasteiger partial charge in [0, 0.05) is 18.0 Å². The number of hydrogen-bond acceptors (Lipinski definition) is 5. The highest BCUT2D eigenvalue weighted by atomic mass is 15.8. The lowest BCUT2D eigenvalue weighted by atomic mass is 9.62. The van der Waals surface area contributed by atoms with Gasteiger partial charge in [-0.2, -0.15) is 0 Å². The zero-order chi connectivity index (χ0) is 21.1. The number of nitrogens with one attached hydrogen (secondary N) is 3. The van der Waals surface area contributed by atoms with E-state index in [1.54, 1.807) is 11.1 Å². The van der Waals surface area contributed by atoms with E-state index in [2.05, 4.69) is 80.5 Å². The predicted octanol–water partition coefficient (Wildman–Crippen LogP) is 4.29. The molecule has 5 rings (SSSR count). The molecule has 2 aliphatic carbocycles. The Morgan fingerprint density at radius 2 is 1.60 bits per heavy atom. The van der Waals surface area contributed by atoms with Gasteiger partial charge in [-0.15, -0.1) is 10.6 Å². The van der Waals surface area contributed by atoms with Crippen molar-refractivity contribution in [1.82, 2.24) is 21.5 Å². The maximum Gasteiger partial charge on any atom is 0.143 e. The third-order valence-electron chi connectivity index (χ3n) is 7.60. The number of benzene rings is 1. The number of nitrogens with zero attached hydrogens (tertiary/aromatic N) is 2. The Morgan fingerprint density at radius 1 is 0.900 bits per heavy atom. The molecule has 0 atom stereocenters. The molecule has 0 amide bonds. The molecule has 5 nitrogen and oxygen atoms in total. The summed E-state index contributed by atoms with van der Waals surface area (Å²) >= 11 is 0. The standard InChI is InChI=1S/C25H33N5/c1-16-12-19-20(24(4,5)9-8-23(19,2)3)14-18(16)25(10-11-25)21-7-6-17(15-26-21)13-22-27-29-30-28-22/h6-7,12,14-15,29-30H,8-11,13H2,1-5H3,(H,27,28). The first kappa shape index (κ1) is 19.6. The minimum atomic E-state index is 0.0849. The van der Waals surface area contributed by atoms with Crippen molar-refractivity contribution in [1.29, 1.82) is 0 Å². The Balaban J connectivity index is 1.51. The van der Waals surface area contributed by atoms with Gasteiger partial charge in [0.2, 0.25) is 0 Å². The van der Waals surface area contributed by atoms with E-state index in [0.29, 0.717) is 0 Å². The molecule has 0 saturated heterocycles. The van der Waals surface area contributed by atoms with Crippen LogP contribution in [-0.2, 0) is 22.7 Å². The maximum absolute atomic E-state index is 4.93. The summed E-state index contributed by atoms with van der Waals surface area (Å²) in [6.45, 7) is 11.9. The number of aryl methyl sites for hydroxylation is 1. The van der Waals surface area contributed by atoms with Crippen LogP contribution in [0.2, 0.25) is 0 Å². The summed E-state index contributed by atoms with van der Waals surface area (Å²) in [5.41, 5.74) is 17.4. The molecular weight excluding hydrogens is 370 g/mol. The molecule has 1 aromatic carbocycles. The molecule has 2 aromatic rings. The molecule has 3 aliphatic rings. The minimum absolute atomic E-state index is 0.0849. The second-order valence-corrected chi connectivity index (χ2v) is 10.7. The highest BCUT2D eigenvalue weighted by molar-refractivity contribution is 5.84. The average molecular weight is 404 g/mol. The highest BCUT2D eigenvalue weighted by Gasteiger charge is 2.49. The van der Waals surface area contributed by atoms with Crippen molar-refractivity contribution >= 4 is 5.84 Å². The van der Waals surface area contributed by atoms with E-state index in [1.165, 1.54) is 42.5 Å². The summed E-state index contributed by atoms with van der Waals surface area (Å²) < 4.78 is 0. The van der Waals surface area contributed by atoms with Crippen LogP contribution in [0.1, 0.15) is 86.9 Å². The molecule has 0 radical (unpaired) electrons. The number of rotatable bonds is 4. The van der Waals surface area contributed by atoms with E-state index in [1.807, 2.05) is 6.20 Å². The van der Waals surface area contributed by atoms with Crippen LogP contribution in [0.3, 0.4) is 0 Å². The molecule has 0 unspecified atom stereocenters. The fourth-order valence-corrected chi connectivity index (χ4v) is 5.34. The Bertz CT molecular complexity index is 1010. The molecule has 0 bridgehead atoms. The van der Waals surface area contributed by atoms with Crippen molar-refractivity contribution < 1.29 is 0 Å². The van der Waals surface area contributed by atoms with Gasteiger partial charge >= 0.3 is 0 Å². The van der Waals surface area contributed by atoms with Gasteiger partial charge < -0.3 is 0 Å². The van der Waals surface area contributed by atoms with E-state index in [4.69, 9.17) is 4.98 Å². The van der Waals surface area contributed by atoms with Crippen LogP contribution in [0.4, 0.5) is 0 Å². The second kappa shape index (κ2) is 6.55. The number of amidine groups is 1. The number of hydrazone groups is 1. The van der Waals surface area contributed by atoms with Crippen molar-refractivity contribution in [3.63, 3.8) is 0 Å². The van der Waals surface area contributed by atoms with Crippen LogP contribution in [-0.4, -0.2) is 10.8 Å². The summed E-state index contributed by atoms with van der Waals surface area (Å²) in [6.07, 6.45) is 7.62. The molecule has 1 aliphatic heterocycles. The van der Waals surface area contributed by atoms with Crippen LogP contribution >= 0.6 is 0 Å². The SMILES string of the molecule is Cc1cc2c(cc1C1(c3ccc(CC4=NNNN4)cn3)CC1)C(C)(C)CCC2(C)C. The molecule has 5 heteroatoms. The molecule has 1 aromatic heterocycles. The minimum Gasteiger partial charge on any atom is -0.288 e. The monoisotopic (exact) mass is 403 g/mol. The zero-order valence-corrected chi connectivity index (χ0v) is 18.8. The molecule has 30 heavy (non-hydrogen) atoms. The first-order valence-corrected chi connectivity index (χ1v) is 11.2. The van der Waals surface area contributed by atoms with Gasteiger partial charge in [0.05, 0.1) is 5.69 Å². The van der Waals surface area contributed by atoms with Crippen molar-refractivity contribution in [3.8, 4) is 0 Å². The number of hydrogen-bond donors (Lipinski definition) is 3. The summed E-state index contributed by atoms with van der Waals surface area (Å²) in [7, 11) is 0. The number of pyridine rings is 1. The molecule has 1 fully saturated rings. The second-order valence-electron chi connectivity index (χ2n) is 10.7. The molecular formula is C25H33N5. The highest BCUT2D eigenvalue weighted by Crippen LogP contribution is 2.56. The molecule has 0 spiro atoms. The van der Waals surface area contributed by atoms with Gasteiger partial charge in [-0.3, -0.25) is 10.4 Å². The topological polar surface area (TPSA) is 61.3 Å². The zero-order valence-electron chi connectivity index (χ0n) is 18.8. The fourth-order valence-electron chi connectivity index (χ4n) is 5.34. The summed E-state index contributed by atoms with van der Waals surface area (Å²) in [6, 6.07) is 9.46. The maximum atomic E-state index is 4.93. The van der Waals surface area contributed by atoms with Crippen molar-refractivity contribution in [2.45, 2.75) is 83.0 Å². The van der Waals surface area contributed by atoms with Crippen LogP contribution in [0.25, 0.3) is 0 Å². The van der Waals surface area contributed by atoms with Crippen molar-refractivity contribution in [3.05, 3.63) is 64.0 Å². The van der Waals surface area contributed by atoms with Crippen LogP contribution in [0.15, 0.2) is 35.6 Å². The third-order valence-corrected chi connectivity index (χ3v) is 7.60. The molecule has 1 saturated carbocycles. The Hall–Kier alpha value is -2.40. The lowest BCUT2D eigenvalue weighted by molar-refractivity contribution is 0.331. The van der Waals surface area contributed by atoms with Gasteiger partial charge in [0.1, 0.15) is 5.84 Å². The smallest absolute Gasteiger partial charge is 0.143 e. The molecule has 158 valence electrons. The summed E-state index contributed by atoms with van der Waals surface area (Å²) in [4.78, 5) is 4.93. The third kappa shape index (κ3) is 3.11. The van der Waals surface area contributed by atoms with Gasteiger partial charge in [0.25, 0.3) is 0 Å². The van der Waals surface area contributed by atoms with Crippen LogP contribution in [0, 0.1) is 6.92 Å². The number of fused-ring (bicyclic) bond motifs is 1. The molecule has 3 N–H and O–H groups in total. The predicted molar refractivity (Wildman–Crippen MR) is 121 cm³/mol. The summed E-state index contributed by atoms with van der Waals surface area (Å²) in [5, 5.41) is 4.16. The Labute approximate surface area is 179 Å². The van der Waals surface area contributed by atoms with Crippen molar-refractivity contribution in [2.75, 3.05) is 0 Å². The van der Waals surface area contributed by atoms with Gasteiger partial charge in [-0.05, 0) is 77.3 Å². The van der Waals surface area contributed by atoms with Crippen LogP contribution < -0.4 is 16.5 Å². The van der Waals surface area contributed by atoms with E-state index in [0.717, 1.165) is 17.8 Å². The Morgan fingerprint density at radius 3 is 2.17 bits per heavy atom.